The molecule has 6 rings (SSSR count). The number of aromatic nitrogens is 1. The molecule has 1 aromatic heterocycles. The van der Waals surface area contributed by atoms with E-state index in [9.17, 15) is 0 Å². The maximum absolute atomic E-state index is 2.58. The summed E-state index contributed by atoms with van der Waals surface area (Å²) in [6, 6.07) is 23.1. The van der Waals surface area contributed by atoms with Crippen molar-refractivity contribution in [1.82, 2.24) is 0 Å². The van der Waals surface area contributed by atoms with Gasteiger partial charge in [0.05, 0.1) is 30.4 Å². The van der Waals surface area contributed by atoms with Gasteiger partial charge in [0.25, 0.3) is 0 Å². The molecule has 3 heteroatoms. The van der Waals surface area contributed by atoms with E-state index < -0.39 is 8.07 Å². The minimum Gasteiger partial charge on any atom is -0.360 e. The van der Waals surface area contributed by atoms with Gasteiger partial charge < -0.3 is 4.90 Å². The Hall–Kier alpha value is -3.17. The molecule has 3 aromatic carbocycles. The number of rotatable bonds is 3. The first-order chi connectivity index (χ1) is 17.0. The third-order valence-electron chi connectivity index (χ3n) is 8.63. The lowest BCUT2D eigenvalue weighted by atomic mass is 9.75. The molecule has 1 aliphatic heterocycles. The zero-order valence-electron chi connectivity index (χ0n) is 22.9. The van der Waals surface area contributed by atoms with Crippen molar-refractivity contribution in [2.75, 3.05) is 11.9 Å². The van der Waals surface area contributed by atoms with Gasteiger partial charge in [-0.1, -0.05) is 87.2 Å². The third kappa shape index (κ3) is 3.05. The average Bonchev–Trinajstić information content (AvgIpc) is 3.15. The Morgan fingerprint density at radius 3 is 2.31 bits per heavy atom. The molecule has 1 unspecified atom stereocenters. The van der Waals surface area contributed by atoms with Crippen molar-refractivity contribution < 1.29 is 4.57 Å². The molecule has 0 bridgehead atoms. The summed E-state index contributed by atoms with van der Waals surface area (Å²) in [6.45, 7) is 14.4. The number of anilines is 1. The number of likely N-dealkylation sites (N-methyl/N-ethyl adjacent to an activating group) is 1. The molecule has 2 heterocycles. The van der Waals surface area contributed by atoms with Gasteiger partial charge in [-0.3, -0.25) is 0 Å². The number of hydrogen-bond donors (Lipinski definition) is 0. The van der Waals surface area contributed by atoms with Crippen LogP contribution in [0.3, 0.4) is 0 Å². The number of fused-ring (bicyclic) bond motifs is 3. The lowest BCUT2D eigenvalue weighted by Gasteiger charge is -2.46. The van der Waals surface area contributed by atoms with Gasteiger partial charge in [0.1, 0.15) is 7.05 Å². The van der Waals surface area contributed by atoms with Crippen molar-refractivity contribution in [3.05, 3.63) is 89.1 Å². The van der Waals surface area contributed by atoms with Gasteiger partial charge in [0.2, 0.25) is 5.69 Å². The van der Waals surface area contributed by atoms with Crippen LogP contribution in [-0.4, -0.2) is 15.1 Å². The fourth-order valence-corrected chi connectivity index (χ4v) is 7.79. The Bertz CT molecular complexity index is 1570. The zero-order chi connectivity index (χ0) is 25.6. The van der Waals surface area contributed by atoms with Crippen LogP contribution in [0.2, 0.25) is 19.6 Å². The van der Waals surface area contributed by atoms with E-state index >= 15 is 0 Å². The molecule has 0 fully saturated rings. The molecule has 0 amide bonds. The normalized spacial score (nSPS) is 18.5. The number of pyridine rings is 1. The van der Waals surface area contributed by atoms with Gasteiger partial charge in [-0.2, -0.15) is 0 Å². The quantitative estimate of drug-likeness (QED) is 0.218. The number of nitrogens with zero attached hydrogens (tertiary/aromatic N) is 2. The molecule has 4 aromatic rings. The first kappa shape index (κ1) is 23.2. The lowest BCUT2D eigenvalue weighted by molar-refractivity contribution is -0.661. The van der Waals surface area contributed by atoms with Crippen LogP contribution in [0.1, 0.15) is 48.9 Å². The highest BCUT2D eigenvalue weighted by Gasteiger charge is 2.51. The van der Waals surface area contributed by atoms with Gasteiger partial charge in [-0.05, 0) is 58.0 Å². The van der Waals surface area contributed by atoms with Crippen LogP contribution in [0.4, 0.5) is 5.69 Å². The minimum atomic E-state index is -1.35. The summed E-state index contributed by atoms with van der Waals surface area (Å²) in [5.74, 6) is 0.413. The molecule has 0 N–H and O–H groups in total. The number of aryl methyl sites for hydroxylation is 1. The fraction of sp³-hybridized carbons (Fsp3) is 0.303. The molecule has 0 radical (unpaired) electrons. The van der Waals surface area contributed by atoms with Gasteiger partial charge in [-0.15, -0.1) is 0 Å². The van der Waals surface area contributed by atoms with Crippen LogP contribution in [0.25, 0.3) is 33.7 Å². The van der Waals surface area contributed by atoms with Crippen LogP contribution in [0, 0.1) is 0 Å². The maximum Gasteiger partial charge on any atom is 0.220 e. The highest BCUT2D eigenvalue weighted by atomic mass is 28.3. The third-order valence-corrected chi connectivity index (χ3v) is 10.7. The molecule has 0 saturated carbocycles. The molecular formula is C33H37N2Si+. The minimum absolute atomic E-state index is 0.247. The summed E-state index contributed by atoms with van der Waals surface area (Å²) in [5.41, 5.74) is 10.8. The van der Waals surface area contributed by atoms with Gasteiger partial charge >= 0.3 is 0 Å². The van der Waals surface area contributed by atoms with Crippen LogP contribution in [-0.2, 0) is 12.6 Å². The Labute approximate surface area is 216 Å². The SMILES string of the molecule is CC(C)c1c2c(cc3ccccc13)-c1c3c(cc[n+]1C)C=C(c1ccc([Si](C)(C)C)cc1)C3(C)N2C. The second-order valence-corrected chi connectivity index (χ2v) is 17.3. The molecule has 182 valence electrons. The summed E-state index contributed by atoms with van der Waals surface area (Å²) < 4.78 is 2.34. The zero-order valence-corrected chi connectivity index (χ0v) is 23.9. The van der Waals surface area contributed by atoms with Crippen molar-refractivity contribution in [3.8, 4) is 11.3 Å². The van der Waals surface area contributed by atoms with Crippen LogP contribution >= 0.6 is 0 Å². The van der Waals surface area contributed by atoms with E-state index in [4.69, 9.17) is 0 Å². The van der Waals surface area contributed by atoms with Gasteiger partial charge in [0, 0.05) is 13.1 Å². The van der Waals surface area contributed by atoms with Crippen LogP contribution in [0.5, 0.6) is 0 Å². The summed E-state index contributed by atoms with van der Waals surface area (Å²) in [7, 11) is 3.17. The molecule has 1 aliphatic carbocycles. The van der Waals surface area contributed by atoms with Crippen LogP contribution < -0.4 is 14.7 Å². The van der Waals surface area contributed by atoms with Crippen LogP contribution in [0.15, 0.2) is 66.9 Å². The summed E-state index contributed by atoms with van der Waals surface area (Å²) >= 11 is 0. The maximum atomic E-state index is 2.58. The summed E-state index contributed by atoms with van der Waals surface area (Å²) in [5, 5.41) is 4.20. The highest BCUT2D eigenvalue weighted by molar-refractivity contribution is 6.88. The van der Waals surface area contributed by atoms with E-state index in [0.29, 0.717) is 5.92 Å². The Balaban J connectivity index is 1.66. The number of benzene rings is 3. The molecule has 0 spiro atoms. The van der Waals surface area contributed by atoms with E-state index in [2.05, 4.69) is 137 Å². The largest absolute Gasteiger partial charge is 0.360 e. The topological polar surface area (TPSA) is 7.12 Å². The summed E-state index contributed by atoms with van der Waals surface area (Å²) in [4.78, 5) is 2.58. The Morgan fingerprint density at radius 1 is 0.944 bits per heavy atom. The van der Waals surface area contributed by atoms with E-state index in [1.807, 2.05) is 0 Å². The average molecular weight is 490 g/mol. The molecule has 1 atom stereocenters. The first-order valence-corrected chi connectivity index (χ1v) is 16.7. The van der Waals surface area contributed by atoms with Crippen molar-refractivity contribution in [1.29, 1.82) is 0 Å². The van der Waals surface area contributed by atoms with Gasteiger partial charge in [0.15, 0.2) is 6.20 Å². The van der Waals surface area contributed by atoms with Crippen molar-refractivity contribution in [2.24, 2.45) is 7.05 Å². The second-order valence-electron chi connectivity index (χ2n) is 12.2. The predicted octanol–water partition coefficient (Wildman–Crippen LogP) is 7.22. The van der Waals surface area contributed by atoms with Crippen molar-refractivity contribution in [3.63, 3.8) is 0 Å². The molecule has 2 aliphatic rings. The fourth-order valence-electron chi connectivity index (χ4n) is 6.63. The van der Waals surface area contributed by atoms with E-state index in [1.165, 1.54) is 60.7 Å². The molecular weight excluding hydrogens is 452 g/mol. The molecule has 36 heavy (non-hydrogen) atoms. The second kappa shape index (κ2) is 7.66. The Morgan fingerprint density at radius 2 is 1.64 bits per heavy atom. The molecule has 2 nitrogen and oxygen atoms in total. The smallest absolute Gasteiger partial charge is 0.220 e. The van der Waals surface area contributed by atoms with Gasteiger partial charge in [-0.25, -0.2) is 4.57 Å². The lowest BCUT2D eigenvalue weighted by Crippen LogP contribution is -2.48. The van der Waals surface area contributed by atoms with Crippen molar-refractivity contribution >= 4 is 41.4 Å². The van der Waals surface area contributed by atoms with E-state index in [1.54, 1.807) is 0 Å². The van der Waals surface area contributed by atoms with E-state index in [-0.39, 0.29) is 5.54 Å². The number of hydrogen-bond acceptors (Lipinski definition) is 1. The monoisotopic (exact) mass is 489 g/mol. The summed E-state index contributed by atoms with van der Waals surface area (Å²) in [6.07, 6.45) is 4.68. The first-order valence-electron chi connectivity index (χ1n) is 13.2. The van der Waals surface area contributed by atoms with E-state index in [0.717, 1.165) is 0 Å². The standard InChI is InChI=1S/C33H37N2Si/c1-21(2)29-26-12-10-9-11-23(26)19-27-31(29)35(5)33(3)28(20-24-17-18-34(4)32(27)30(24)33)22-13-15-25(16-14-22)36(6,7)8/h9-21H,1-8H3/q+1. The molecule has 0 saturated heterocycles. The predicted molar refractivity (Wildman–Crippen MR) is 158 cm³/mol. The highest BCUT2D eigenvalue weighted by Crippen LogP contribution is 2.58. The Kier molecular flexibility index (Phi) is 4.95. The van der Waals surface area contributed by atoms with Crippen molar-refractivity contribution in [2.45, 2.75) is 51.9 Å².